The topological polar surface area (TPSA) is 69.5 Å². The molecule has 1 aromatic carbocycles. The van der Waals surface area contributed by atoms with Gasteiger partial charge in [0.1, 0.15) is 12.4 Å². The van der Waals surface area contributed by atoms with Crippen LogP contribution in [0.25, 0.3) is 0 Å². The molecule has 2 aliphatic rings. The van der Waals surface area contributed by atoms with Gasteiger partial charge in [-0.2, -0.15) is 0 Å². The van der Waals surface area contributed by atoms with Crippen LogP contribution in [-0.4, -0.2) is 57.6 Å². The summed E-state index contributed by atoms with van der Waals surface area (Å²) in [4.78, 5) is 14.2. The molecule has 8 heteroatoms. The van der Waals surface area contributed by atoms with Crippen molar-refractivity contribution >= 4 is 17.7 Å². The maximum Gasteiger partial charge on any atom is 0.232 e. The Labute approximate surface area is 156 Å². The summed E-state index contributed by atoms with van der Waals surface area (Å²) in [5, 5.41) is 9.19. The molecule has 1 saturated carbocycles. The highest BCUT2D eigenvalue weighted by Crippen LogP contribution is 2.38. The van der Waals surface area contributed by atoms with E-state index in [0.717, 1.165) is 22.5 Å². The number of thioether (sulfide) groups is 1. The highest BCUT2D eigenvalue weighted by molar-refractivity contribution is 7.99. The molecule has 0 spiro atoms. The first-order valence-corrected chi connectivity index (χ1v) is 9.77. The molecular formula is C18H22N4O3S. The quantitative estimate of drug-likeness (QED) is 0.723. The first-order chi connectivity index (χ1) is 12.6. The maximum absolute atomic E-state index is 12.5. The number of aromatic nitrogens is 3. The number of carbonyl (C=O) groups excluding carboxylic acids is 1. The summed E-state index contributed by atoms with van der Waals surface area (Å²) in [6, 6.07) is 8.10. The third-order valence-corrected chi connectivity index (χ3v) is 5.47. The summed E-state index contributed by atoms with van der Waals surface area (Å²) in [6.45, 7) is 2.89. The van der Waals surface area contributed by atoms with Crippen molar-refractivity contribution in [2.75, 3.05) is 26.0 Å². The Morgan fingerprint density at radius 1 is 1.31 bits per heavy atom. The Hall–Kier alpha value is -2.22. The van der Waals surface area contributed by atoms with E-state index < -0.39 is 0 Å². The molecule has 1 unspecified atom stereocenters. The minimum Gasteiger partial charge on any atom is -0.486 e. The van der Waals surface area contributed by atoms with Crippen LogP contribution in [-0.2, 0) is 4.79 Å². The third-order valence-electron chi connectivity index (χ3n) is 4.54. The first kappa shape index (κ1) is 17.2. The number of nitrogens with zero attached hydrogens (tertiary/aromatic N) is 4. The predicted octanol–water partition coefficient (Wildman–Crippen LogP) is 2.31. The third kappa shape index (κ3) is 3.65. The summed E-state index contributed by atoms with van der Waals surface area (Å²) >= 11 is 1.45. The van der Waals surface area contributed by atoms with Gasteiger partial charge in [0.25, 0.3) is 0 Å². The fraction of sp³-hybridized carbons (Fsp3) is 0.500. The Morgan fingerprint density at radius 2 is 2.08 bits per heavy atom. The van der Waals surface area contributed by atoms with Crippen LogP contribution < -0.4 is 9.47 Å². The van der Waals surface area contributed by atoms with E-state index in [1.54, 1.807) is 11.9 Å². The number of amides is 1. The number of benzene rings is 1. The van der Waals surface area contributed by atoms with Crippen molar-refractivity contribution in [3.8, 4) is 11.5 Å². The summed E-state index contributed by atoms with van der Waals surface area (Å²) in [5.41, 5.74) is 0. The summed E-state index contributed by atoms with van der Waals surface area (Å²) in [7, 11) is 1.80. The van der Waals surface area contributed by atoms with Gasteiger partial charge in [0, 0.05) is 13.1 Å². The second kappa shape index (κ2) is 7.19. The van der Waals surface area contributed by atoms with Crippen LogP contribution in [0.4, 0.5) is 0 Å². The van der Waals surface area contributed by atoms with Gasteiger partial charge >= 0.3 is 0 Å². The lowest BCUT2D eigenvalue weighted by Gasteiger charge is -2.29. The number of fused-ring (bicyclic) bond motifs is 1. The molecule has 1 amide bonds. The van der Waals surface area contributed by atoms with E-state index in [1.165, 1.54) is 24.6 Å². The molecule has 138 valence electrons. The van der Waals surface area contributed by atoms with Crippen LogP contribution in [0, 0.1) is 6.92 Å². The highest BCUT2D eigenvalue weighted by Gasteiger charge is 2.29. The zero-order valence-electron chi connectivity index (χ0n) is 14.9. The SMILES string of the molecule is Cc1nnc(SCC(=O)N(C)CC2COc3ccccc3O2)n1C1CC1. The Balaban J connectivity index is 1.30. The first-order valence-electron chi connectivity index (χ1n) is 8.78. The molecule has 1 fully saturated rings. The van der Waals surface area contributed by atoms with Crippen LogP contribution >= 0.6 is 11.8 Å². The number of likely N-dealkylation sites (N-methyl/N-ethyl adjacent to an activating group) is 1. The number of aryl methyl sites for hydroxylation is 1. The van der Waals surface area contributed by atoms with Gasteiger partial charge < -0.3 is 18.9 Å². The van der Waals surface area contributed by atoms with Crippen LogP contribution in [0.3, 0.4) is 0 Å². The number of hydrogen-bond acceptors (Lipinski definition) is 6. The van der Waals surface area contributed by atoms with E-state index >= 15 is 0 Å². The molecule has 0 N–H and O–H groups in total. The van der Waals surface area contributed by atoms with Crippen molar-refractivity contribution < 1.29 is 14.3 Å². The van der Waals surface area contributed by atoms with Gasteiger partial charge in [0.15, 0.2) is 22.8 Å². The van der Waals surface area contributed by atoms with Gasteiger partial charge in [0.2, 0.25) is 5.91 Å². The van der Waals surface area contributed by atoms with Crippen molar-refractivity contribution in [1.82, 2.24) is 19.7 Å². The molecule has 1 aromatic heterocycles. The largest absolute Gasteiger partial charge is 0.486 e. The number of rotatable bonds is 6. The van der Waals surface area contributed by atoms with Gasteiger partial charge in [-0.05, 0) is 31.9 Å². The van der Waals surface area contributed by atoms with E-state index in [4.69, 9.17) is 9.47 Å². The number of carbonyl (C=O) groups is 1. The number of hydrogen-bond donors (Lipinski definition) is 0. The molecule has 1 aliphatic carbocycles. The van der Waals surface area contributed by atoms with E-state index in [9.17, 15) is 4.79 Å². The second-order valence-electron chi connectivity index (χ2n) is 6.69. The van der Waals surface area contributed by atoms with Gasteiger partial charge in [-0.1, -0.05) is 23.9 Å². The van der Waals surface area contributed by atoms with Gasteiger partial charge in [0.05, 0.1) is 12.3 Å². The van der Waals surface area contributed by atoms with Gasteiger partial charge in [-0.3, -0.25) is 4.79 Å². The Kier molecular flexibility index (Phi) is 4.76. The van der Waals surface area contributed by atoms with Crippen molar-refractivity contribution in [3.05, 3.63) is 30.1 Å². The molecule has 0 saturated heterocycles. The standard InChI is InChI=1S/C18H22N4O3S/c1-12-19-20-18(22(12)13-7-8-13)26-11-17(23)21(2)9-14-10-24-15-5-3-4-6-16(15)25-14/h3-6,13-14H,7-11H2,1-2H3. The molecule has 2 aromatic rings. The van der Waals surface area contributed by atoms with Gasteiger partial charge in [-0.15, -0.1) is 10.2 Å². The molecule has 4 rings (SSSR count). The van der Waals surface area contributed by atoms with E-state index in [-0.39, 0.29) is 12.0 Å². The minimum absolute atomic E-state index is 0.0421. The number of ether oxygens (including phenoxy) is 2. The van der Waals surface area contributed by atoms with Crippen LogP contribution in [0.1, 0.15) is 24.7 Å². The van der Waals surface area contributed by atoms with Crippen LogP contribution in [0.5, 0.6) is 11.5 Å². The monoisotopic (exact) mass is 374 g/mol. The molecule has 0 bridgehead atoms. The Morgan fingerprint density at radius 3 is 2.85 bits per heavy atom. The molecule has 1 aliphatic heterocycles. The molecule has 0 radical (unpaired) electrons. The second-order valence-corrected chi connectivity index (χ2v) is 7.63. The number of para-hydroxylation sites is 2. The van der Waals surface area contributed by atoms with E-state index in [0.29, 0.717) is 24.9 Å². The molecular weight excluding hydrogens is 352 g/mol. The fourth-order valence-corrected chi connectivity index (χ4v) is 3.99. The lowest BCUT2D eigenvalue weighted by Crippen LogP contribution is -2.42. The molecule has 2 heterocycles. The van der Waals surface area contributed by atoms with Crippen molar-refractivity contribution in [1.29, 1.82) is 0 Å². The van der Waals surface area contributed by atoms with Crippen molar-refractivity contribution in [2.45, 2.75) is 37.1 Å². The molecule has 7 nitrogen and oxygen atoms in total. The van der Waals surface area contributed by atoms with Crippen LogP contribution in [0.15, 0.2) is 29.4 Å². The summed E-state index contributed by atoms with van der Waals surface area (Å²) in [5.74, 6) is 2.78. The fourth-order valence-electron chi connectivity index (χ4n) is 3.00. The zero-order valence-corrected chi connectivity index (χ0v) is 15.7. The maximum atomic E-state index is 12.5. The summed E-state index contributed by atoms with van der Waals surface area (Å²) < 4.78 is 13.8. The van der Waals surface area contributed by atoms with Gasteiger partial charge in [-0.25, -0.2) is 0 Å². The average Bonchev–Trinajstić information content (AvgIpc) is 3.42. The average molecular weight is 374 g/mol. The highest BCUT2D eigenvalue weighted by atomic mass is 32.2. The van der Waals surface area contributed by atoms with E-state index in [1.807, 2.05) is 31.2 Å². The normalized spacial score (nSPS) is 18.6. The molecule has 1 atom stereocenters. The summed E-state index contributed by atoms with van der Waals surface area (Å²) in [6.07, 6.45) is 2.17. The minimum atomic E-state index is -0.166. The lowest BCUT2D eigenvalue weighted by atomic mass is 10.2. The van der Waals surface area contributed by atoms with E-state index in [2.05, 4.69) is 14.8 Å². The van der Waals surface area contributed by atoms with Crippen LogP contribution in [0.2, 0.25) is 0 Å². The smallest absolute Gasteiger partial charge is 0.232 e. The predicted molar refractivity (Wildman–Crippen MR) is 97.7 cm³/mol. The Bertz CT molecular complexity index is 805. The molecule has 26 heavy (non-hydrogen) atoms. The zero-order chi connectivity index (χ0) is 18.1. The van der Waals surface area contributed by atoms with Crippen molar-refractivity contribution in [3.63, 3.8) is 0 Å². The lowest BCUT2D eigenvalue weighted by molar-refractivity contribution is -0.128. The van der Waals surface area contributed by atoms with Crippen molar-refractivity contribution in [2.24, 2.45) is 0 Å².